The van der Waals surface area contributed by atoms with Crippen LogP contribution in [0.2, 0.25) is 0 Å². The van der Waals surface area contributed by atoms with Gasteiger partial charge in [-0.3, -0.25) is 4.79 Å². The molecular weight excluding hydrogens is 264 g/mol. The van der Waals surface area contributed by atoms with Gasteiger partial charge in [0, 0.05) is 13.1 Å². The van der Waals surface area contributed by atoms with Gasteiger partial charge >= 0.3 is 0 Å². The van der Waals surface area contributed by atoms with E-state index >= 15 is 0 Å². The molecule has 0 radical (unpaired) electrons. The Kier molecular flexibility index (Phi) is 5.76. The molecule has 21 heavy (non-hydrogen) atoms. The van der Waals surface area contributed by atoms with Crippen molar-refractivity contribution in [2.24, 2.45) is 0 Å². The quantitative estimate of drug-likeness (QED) is 0.807. The number of amides is 1. The van der Waals surface area contributed by atoms with Gasteiger partial charge in [0.1, 0.15) is 0 Å². The third kappa shape index (κ3) is 3.83. The molecule has 0 bridgehead atoms. The number of carbonyl (C=O) groups excluding carboxylic acids is 1. The first-order valence-electron chi connectivity index (χ1n) is 7.91. The molecule has 1 aliphatic heterocycles. The van der Waals surface area contributed by atoms with Crippen molar-refractivity contribution in [2.45, 2.75) is 44.7 Å². The van der Waals surface area contributed by atoms with Gasteiger partial charge < -0.3 is 15.3 Å². The average molecular weight is 290 g/mol. The molecule has 1 fully saturated rings. The SMILES string of the molecule is CCCC1(C(=O)N(CCO)Cc2ccccc2)CCCN1. The molecular formula is C17H26N2O2. The van der Waals surface area contributed by atoms with Crippen molar-refractivity contribution in [1.29, 1.82) is 0 Å². The highest BCUT2D eigenvalue weighted by Crippen LogP contribution is 2.27. The highest BCUT2D eigenvalue weighted by atomic mass is 16.3. The molecule has 1 saturated heterocycles. The molecule has 2 rings (SSSR count). The largest absolute Gasteiger partial charge is 0.395 e. The fourth-order valence-corrected chi connectivity index (χ4v) is 3.22. The van der Waals surface area contributed by atoms with E-state index in [-0.39, 0.29) is 12.5 Å². The first-order valence-corrected chi connectivity index (χ1v) is 7.91. The summed E-state index contributed by atoms with van der Waals surface area (Å²) >= 11 is 0. The van der Waals surface area contributed by atoms with Crippen LogP contribution < -0.4 is 5.32 Å². The van der Waals surface area contributed by atoms with Crippen LogP contribution >= 0.6 is 0 Å². The summed E-state index contributed by atoms with van der Waals surface area (Å²) in [5, 5.41) is 12.7. The third-order valence-electron chi connectivity index (χ3n) is 4.20. The lowest BCUT2D eigenvalue weighted by Crippen LogP contribution is -2.55. The smallest absolute Gasteiger partial charge is 0.243 e. The summed E-state index contributed by atoms with van der Waals surface area (Å²) in [6, 6.07) is 9.97. The lowest BCUT2D eigenvalue weighted by molar-refractivity contribution is -0.139. The van der Waals surface area contributed by atoms with Crippen molar-refractivity contribution in [2.75, 3.05) is 19.7 Å². The van der Waals surface area contributed by atoms with Gasteiger partial charge in [0.05, 0.1) is 12.1 Å². The minimum absolute atomic E-state index is 0.000772. The number of hydrogen-bond acceptors (Lipinski definition) is 3. The molecule has 4 nitrogen and oxygen atoms in total. The molecule has 0 spiro atoms. The van der Waals surface area contributed by atoms with Gasteiger partial charge in [-0.25, -0.2) is 0 Å². The Morgan fingerprint density at radius 3 is 2.71 bits per heavy atom. The Bertz CT molecular complexity index is 441. The predicted molar refractivity (Wildman–Crippen MR) is 83.8 cm³/mol. The molecule has 2 N–H and O–H groups in total. The van der Waals surface area contributed by atoms with E-state index in [0.29, 0.717) is 13.1 Å². The monoisotopic (exact) mass is 290 g/mol. The van der Waals surface area contributed by atoms with E-state index in [1.807, 2.05) is 30.3 Å². The van der Waals surface area contributed by atoms with Gasteiger partial charge in [-0.1, -0.05) is 43.7 Å². The molecule has 0 aliphatic carbocycles. The summed E-state index contributed by atoms with van der Waals surface area (Å²) in [5.41, 5.74) is 0.683. The van der Waals surface area contributed by atoms with Crippen molar-refractivity contribution < 1.29 is 9.90 Å². The number of benzene rings is 1. The highest BCUT2D eigenvalue weighted by Gasteiger charge is 2.42. The minimum Gasteiger partial charge on any atom is -0.395 e. The van der Waals surface area contributed by atoms with E-state index in [1.54, 1.807) is 4.90 Å². The van der Waals surface area contributed by atoms with Crippen LogP contribution in [0.3, 0.4) is 0 Å². The number of nitrogens with one attached hydrogen (secondary N) is 1. The summed E-state index contributed by atoms with van der Waals surface area (Å²) in [6.07, 6.45) is 3.79. The lowest BCUT2D eigenvalue weighted by atomic mass is 9.90. The second kappa shape index (κ2) is 7.57. The number of aliphatic hydroxyl groups excluding tert-OH is 1. The number of aliphatic hydroxyl groups is 1. The van der Waals surface area contributed by atoms with Gasteiger partial charge in [0.2, 0.25) is 5.91 Å². The predicted octanol–water partition coefficient (Wildman–Crippen LogP) is 1.93. The van der Waals surface area contributed by atoms with Crippen LogP contribution in [0.1, 0.15) is 38.2 Å². The van der Waals surface area contributed by atoms with Crippen LogP contribution in [0, 0.1) is 0 Å². The summed E-state index contributed by atoms with van der Waals surface area (Å²) in [5.74, 6) is 0.139. The second-order valence-electron chi connectivity index (χ2n) is 5.80. The number of nitrogens with zero attached hydrogens (tertiary/aromatic N) is 1. The van der Waals surface area contributed by atoms with Crippen molar-refractivity contribution >= 4 is 5.91 Å². The number of rotatable bonds is 7. The number of carbonyl (C=O) groups is 1. The van der Waals surface area contributed by atoms with E-state index in [1.165, 1.54) is 0 Å². The van der Waals surface area contributed by atoms with Crippen molar-refractivity contribution in [3.63, 3.8) is 0 Å². The molecule has 1 amide bonds. The molecule has 1 unspecified atom stereocenters. The third-order valence-corrected chi connectivity index (χ3v) is 4.20. The zero-order valence-electron chi connectivity index (χ0n) is 12.8. The van der Waals surface area contributed by atoms with Gasteiger partial charge in [-0.05, 0) is 31.4 Å². The molecule has 1 atom stereocenters. The van der Waals surface area contributed by atoms with Crippen LogP contribution in [0.15, 0.2) is 30.3 Å². The molecule has 1 aromatic rings. The summed E-state index contributed by atoms with van der Waals surface area (Å²) in [6.45, 7) is 3.97. The van der Waals surface area contributed by atoms with Crippen LogP contribution in [-0.4, -0.2) is 41.1 Å². The van der Waals surface area contributed by atoms with Gasteiger partial charge in [0.15, 0.2) is 0 Å². The zero-order valence-corrected chi connectivity index (χ0v) is 12.8. The summed E-state index contributed by atoms with van der Waals surface area (Å²) < 4.78 is 0. The van der Waals surface area contributed by atoms with E-state index in [2.05, 4.69) is 12.2 Å². The Morgan fingerprint density at radius 1 is 1.38 bits per heavy atom. The topological polar surface area (TPSA) is 52.6 Å². The lowest BCUT2D eigenvalue weighted by Gasteiger charge is -2.34. The maximum absolute atomic E-state index is 13.0. The molecule has 4 heteroatoms. The fraction of sp³-hybridized carbons (Fsp3) is 0.588. The van der Waals surface area contributed by atoms with E-state index < -0.39 is 5.54 Å². The fourth-order valence-electron chi connectivity index (χ4n) is 3.22. The normalized spacial score (nSPS) is 21.4. The molecule has 0 saturated carbocycles. The molecule has 0 aromatic heterocycles. The maximum atomic E-state index is 13.0. The Morgan fingerprint density at radius 2 is 2.14 bits per heavy atom. The Balaban J connectivity index is 2.14. The zero-order chi connectivity index (χ0) is 15.1. The first kappa shape index (κ1) is 16.0. The number of hydrogen-bond donors (Lipinski definition) is 2. The molecule has 1 heterocycles. The van der Waals surface area contributed by atoms with Crippen molar-refractivity contribution in [3.05, 3.63) is 35.9 Å². The summed E-state index contributed by atoms with van der Waals surface area (Å²) in [7, 11) is 0. The van der Waals surface area contributed by atoms with E-state index in [4.69, 9.17) is 0 Å². The van der Waals surface area contributed by atoms with Gasteiger partial charge in [-0.2, -0.15) is 0 Å². The Labute approximate surface area is 127 Å². The van der Waals surface area contributed by atoms with E-state index in [0.717, 1.165) is 37.8 Å². The molecule has 1 aromatic carbocycles. The second-order valence-corrected chi connectivity index (χ2v) is 5.80. The van der Waals surface area contributed by atoms with Crippen molar-refractivity contribution in [1.82, 2.24) is 10.2 Å². The Hall–Kier alpha value is -1.39. The minimum atomic E-state index is -0.418. The average Bonchev–Trinajstić information content (AvgIpc) is 2.97. The van der Waals surface area contributed by atoms with E-state index in [9.17, 15) is 9.90 Å². The standard InChI is InChI=1S/C17H26N2O2/c1-2-9-17(10-6-11-18-17)16(21)19(12-13-20)14-15-7-4-3-5-8-15/h3-5,7-8,18,20H,2,6,9-14H2,1H3. The van der Waals surface area contributed by atoms with Gasteiger partial charge in [0.25, 0.3) is 0 Å². The first-order chi connectivity index (χ1) is 10.2. The highest BCUT2D eigenvalue weighted by molar-refractivity contribution is 5.86. The maximum Gasteiger partial charge on any atom is 0.243 e. The molecule has 1 aliphatic rings. The van der Waals surface area contributed by atoms with Crippen molar-refractivity contribution in [3.8, 4) is 0 Å². The van der Waals surface area contributed by atoms with Crippen LogP contribution in [0.4, 0.5) is 0 Å². The molecule has 116 valence electrons. The van der Waals surface area contributed by atoms with Crippen LogP contribution in [-0.2, 0) is 11.3 Å². The van der Waals surface area contributed by atoms with Crippen LogP contribution in [0.25, 0.3) is 0 Å². The van der Waals surface area contributed by atoms with Crippen LogP contribution in [0.5, 0.6) is 0 Å². The summed E-state index contributed by atoms with van der Waals surface area (Å²) in [4.78, 5) is 14.8. The van der Waals surface area contributed by atoms with Gasteiger partial charge in [-0.15, -0.1) is 0 Å².